The molecule has 19 rings (SSSR count). The number of ether oxygens (including phenoxy) is 2. The van der Waals surface area contributed by atoms with Crippen molar-refractivity contribution in [2.45, 2.75) is 150 Å². The van der Waals surface area contributed by atoms with Crippen LogP contribution in [0.1, 0.15) is 180 Å². The zero-order chi connectivity index (χ0) is 104. The number of nitrogens with two attached hydrogens (primary N) is 4. The van der Waals surface area contributed by atoms with Crippen LogP contribution in [-0.4, -0.2) is 271 Å². The molecule has 7 aliphatic heterocycles. The van der Waals surface area contributed by atoms with Gasteiger partial charge in [-0.1, -0.05) is 76.2 Å². The molecule has 7 aliphatic rings. The highest BCUT2D eigenvalue weighted by atomic mass is 32.1. The highest BCUT2D eigenvalue weighted by Crippen LogP contribution is 2.44. The minimum atomic E-state index is -0.0535. The number of morpholine rings is 2. The smallest absolute Gasteiger partial charge is 0.320 e. The summed E-state index contributed by atoms with van der Waals surface area (Å²) in [5.41, 5.74) is 36.7. The molecule has 7 fully saturated rings. The van der Waals surface area contributed by atoms with Crippen molar-refractivity contribution in [3.8, 4) is 41.8 Å². The predicted molar refractivity (Wildman–Crippen MR) is 586 cm³/mol. The third kappa shape index (κ3) is 28.7. The second-order valence-electron chi connectivity index (χ2n) is 41.2. The molecule has 0 unspecified atom stereocenters. The van der Waals surface area contributed by atoms with E-state index < -0.39 is 0 Å². The van der Waals surface area contributed by atoms with Crippen molar-refractivity contribution in [3.63, 3.8) is 0 Å². The molecule has 35 heteroatoms. The van der Waals surface area contributed by atoms with E-state index in [9.17, 15) is 38.4 Å². The van der Waals surface area contributed by atoms with Crippen LogP contribution >= 0.6 is 45.3 Å². The highest BCUT2D eigenvalue weighted by Gasteiger charge is 2.42. The maximum absolute atomic E-state index is 13.1. The number of anilines is 4. The number of Topliss-reactive ketones (excluding diaryl/α,β-unsaturated/α-hetero) is 4. The summed E-state index contributed by atoms with van der Waals surface area (Å²) in [6.07, 6.45) is 24.1. The number of hydrogen-bond donors (Lipinski definition) is 5. The van der Waals surface area contributed by atoms with Crippen molar-refractivity contribution in [1.29, 1.82) is 0 Å². The predicted octanol–water partition coefficient (Wildman–Crippen LogP) is 18.1. The first-order chi connectivity index (χ1) is 71.4. The lowest BCUT2D eigenvalue weighted by Gasteiger charge is -2.46. The number of carbonyl (C=O) groups excluding carboxylic acids is 8. The molecule has 7 saturated heterocycles. The van der Waals surface area contributed by atoms with Crippen LogP contribution in [0.5, 0.6) is 0 Å². The van der Waals surface area contributed by atoms with E-state index in [-0.39, 0.29) is 95.2 Å². The van der Waals surface area contributed by atoms with Crippen LogP contribution in [0.2, 0.25) is 0 Å². The molecule has 12 aromatic rings. The number of nitrogen functional groups attached to an aromatic ring is 4. The molecular formula is C113H137N21O10S4. The van der Waals surface area contributed by atoms with E-state index in [1.54, 1.807) is 94.9 Å². The van der Waals surface area contributed by atoms with E-state index in [1.165, 1.54) is 0 Å². The van der Waals surface area contributed by atoms with E-state index in [2.05, 4.69) is 109 Å². The van der Waals surface area contributed by atoms with Crippen molar-refractivity contribution >= 4 is 115 Å². The van der Waals surface area contributed by atoms with Gasteiger partial charge in [-0.2, -0.15) is 0 Å². The number of likely N-dealkylation sites (N-methyl/N-ethyl adjacent to an activating group) is 1. The summed E-state index contributed by atoms with van der Waals surface area (Å²) in [7, 11) is 2.10. The molecular weight excluding hydrogens is 1940 g/mol. The van der Waals surface area contributed by atoms with E-state index in [0.29, 0.717) is 109 Å². The first-order valence-corrected chi connectivity index (χ1v) is 55.0. The topological polar surface area (TPSA) is 400 Å². The van der Waals surface area contributed by atoms with E-state index >= 15 is 0 Å². The SMILES string of the molecule is CC(C)C1(Cc2ncc(C(=O)Cc3cc(-c4cccs4)ccc3N)cn2)CCN(C(=O)N2CCN(C)CC2)CC1.CC(C)NC(=O)N1CCC(C)(Cc2ncc(C(=O)Cc3cc(-c4cccs4)ccc3N)cn2)CC1.CC1(Cc2ncc(C(=O)Cc3cc(-c4cccs4)ccc3N)cn2)CCN(C(=O)N2CCOCC2)CC1.Nc1ccc(-c2cccs2)cc1CC(=O)c1cnc(CC2CCN(C(=O)N3CCOCC3)CC2)nc1. The second kappa shape index (κ2) is 50.2. The van der Waals surface area contributed by atoms with Crippen molar-refractivity contribution < 1.29 is 47.8 Å². The zero-order valence-corrected chi connectivity index (χ0v) is 89.1. The van der Waals surface area contributed by atoms with Gasteiger partial charge in [-0.15, -0.1) is 45.3 Å². The molecule has 148 heavy (non-hydrogen) atoms. The van der Waals surface area contributed by atoms with Gasteiger partial charge in [0.25, 0.3) is 0 Å². The lowest BCUT2D eigenvalue weighted by atomic mass is 9.67. The molecule has 0 radical (unpaired) electrons. The van der Waals surface area contributed by atoms with Crippen LogP contribution < -0.4 is 28.3 Å². The number of thiophene rings is 4. The Hall–Kier alpha value is -13.2. The molecule has 8 amide bonds. The Balaban J connectivity index is 0.000000141. The molecule has 778 valence electrons. The van der Waals surface area contributed by atoms with Crippen molar-refractivity contribution in [3.05, 3.63) is 260 Å². The molecule has 15 heterocycles. The molecule has 0 bridgehead atoms. The van der Waals surface area contributed by atoms with Gasteiger partial charge < -0.3 is 76.9 Å². The Morgan fingerprint density at radius 2 is 0.642 bits per heavy atom. The molecule has 0 aliphatic carbocycles. The summed E-state index contributed by atoms with van der Waals surface area (Å²) in [4.78, 5) is 159. The Kier molecular flexibility index (Phi) is 36.5. The number of urea groups is 4. The molecule has 0 saturated carbocycles. The van der Waals surface area contributed by atoms with Crippen LogP contribution in [-0.2, 0) is 60.8 Å². The van der Waals surface area contributed by atoms with Crippen molar-refractivity contribution in [2.24, 2.45) is 28.1 Å². The molecule has 8 aromatic heterocycles. The number of piperazine rings is 1. The molecule has 9 N–H and O–H groups in total. The summed E-state index contributed by atoms with van der Waals surface area (Å²) in [5, 5.41) is 11.1. The zero-order valence-electron chi connectivity index (χ0n) is 85.8. The summed E-state index contributed by atoms with van der Waals surface area (Å²) < 4.78 is 10.7. The highest BCUT2D eigenvalue weighted by molar-refractivity contribution is 7.14. The Labute approximate surface area is 883 Å². The number of likely N-dealkylation sites (tertiary alicyclic amines) is 4. The number of ketones is 4. The summed E-state index contributed by atoms with van der Waals surface area (Å²) in [6, 6.07) is 40.2. The van der Waals surface area contributed by atoms with Crippen molar-refractivity contribution in [2.75, 3.05) is 161 Å². The van der Waals surface area contributed by atoms with Crippen LogP contribution in [0.4, 0.5) is 41.9 Å². The summed E-state index contributed by atoms with van der Waals surface area (Å²) >= 11 is 6.63. The van der Waals surface area contributed by atoms with Gasteiger partial charge in [0.2, 0.25) is 0 Å². The fraction of sp³-hybridized carbons (Fsp3) is 0.434. The second-order valence-corrected chi connectivity index (χ2v) is 45.0. The number of rotatable bonds is 26. The van der Waals surface area contributed by atoms with Gasteiger partial charge in [0.05, 0.1) is 48.7 Å². The minimum absolute atomic E-state index is 0.00253. The molecule has 0 spiro atoms. The average Bonchev–Trinajstić information content (AvgIpc) is 1.77. The number of carbonyl (C=O) groups is 8. The van der Waals surface area contributed by atoms with Gasteiger partial charge in [0.15, 0.2) is 23.1 Å². The summed E-state index contributed by atoms with van der Waals surface area (Å²) in [5.74, 6) is 3.60. The lowest BCUT2D eigenvalue weighted by molar-refractivity contribution is 0.0359. The maximum atomic E-state index is 13.1. The van der Waals surface area contributed by atoms with E-state index in [0.717, 1.165) is 243 Å². The number of benzene rings is 4. The average molecular weight is 2080 g/mol. The number of nitrogens with one attached hydrogen (secondary N) is 1. The van der Waals surface area contributed by atoms with Gasteiger partial charge in [-0.25, -0.2) is 59.0 Å². The fourth-order valence-electron chi connectivity index (χ4n) is 19.9. The van der Waals surface area contributed by atoms with Gasteiger partial charge in [-0.3, -0.25) is 19.2 Å². The Morgan fingerprint density at radius 1 is 0.358 bits per heavy atom. The molecule has 31 nitrogen and oxygen atoms in total. The number of aromatic nitrogens is 8. The van der Waals surface area contributed by atoms with Gasteiger partial charge in [-0.05, 0) is 239 Å². The minimum Gasteiger partial charge on any atom is -0.398 e. The van der Waals surface area contributed by atoms with Gasteiger partial charge in [0, 0.05) is 254 Å². The largest absolute Gasteiger partial charge is 0.398 e. The first kappa shape index (κ1) is 108. The van der Waals surface area contributed by atoms with Crippen LogP contribution in [0.25, 0.3) is 41.8 Å². The third-order valence-corrected chi connectivity index (χ3v) is 33.5. The number of nitrogens with zero attached hydrogens (tertiary/aromatic N) is 16. The lowest BCUT2D eigenvalue weighted by Crippen LogP contribution is -2.55. The first-order valence-electron chi connectivity index (χ1n) is 51.5. The van der Waals surface area contributed by atoms with E-state index in [4.69, 9.17) is 32.4 Å². The standard InChI is InChI=1S/C31H40N6O2S.C28H33N5O3S.C27H31N5O3S.C27H33N5O2S/c1-22(2)31(8-10-36(11-9-31)30(39)37-14-12-35(3)13-15-37)19-29-33-20-25(21-34-29)27(38)18-24-17-23(6-7-26(24)32)28-5-4-16-40-28;1-28(6-8-32(9-7-28)27(35)33-10-12-36-13-11-33)17-26-30-18-22(19-31-26)24(34)16-21-15-20(4-5-23(21)29)25-3-2-14-37-25;28-23-4-3-20(25-2-1-13-36-25)15-21(23)16-24(33)22-17-29-26(30-18-22)14-19-5-7-31(8-6-19)27(34)32-9-11-35-12-10-32;1-18(2)31-26(34)32-10-8-27(3,9-11-32)15-25-29-16-21(17-30-25)23(33)14-20-13-19(6-7-22(20)28)24-5-4-12-35-24/h4-7,16-17,20-22H,8-15,18-19,32H2,1-3H3;2-5,14-15,18-19H,6-13,16-17,29H2,1H3;1-4,13,15,17-19H,5-12,14,16,28H2;4-7,12-13,16-18H,8-11,14-15,28H2,1-3H3,(H,31,34). The molecule has 4 aromatic carbocycles. The molecule has 0 atom stereocenters. The summed E-state index contributed by atoms with van der Waals surface area (Å²) in [6.45, 7) is 27.4. The number of piperidine rings is 4. The number of amides is 8. The van der Waals surface area contributed by atoms with Gasteiger partial charge >= 0.3 is 24.1 Å². The Morgan fingerprint density at radius 3 is 0.946 bits per heavy atom. The van der Waals surface area contributed by atoms with E-state index in [1.807, 2.05) is 167 Å². The third-order valence-electron chi connectivity index (χ3n) is 29.8. The maximum Gasteiger partial charge on any atom is 0.320 e. The fourth-order valence-corrected chi connectivity index (χ4v) is 22.8. The Bertz CT molecular complexity index is 6440. The normalized spacial score (nSPS) is 16.9. The van der Waals surface area contributed by atoms with Crippen LogP contribution in [0.15, 0.2) is 192 Å². The van der Waals surface area contributed by atoms with Crippen molar-refractivity contribution in [1.82, 2.24) is 84.4 Å². The quantitative estimate of drug-likeness (QED) is 0.0248. The van der Waals surface area contributed by atoms with Crippen LogP contribution in [0.3, 0.4) is 0 Å². The van der Waals surface area contributed by atoms with Crippen LogP contribution in [0, 0.1) is 28.1 Å². The monoisotopic (exact) mass is 2080 g/mol. The van der Waals surface area contributed by atoms with Gasteiger partial charge in [0.1, 0.15) is 23.3 Å². The number of hydrogen-bond acceptors (Lipinski definition) is 27.